The second-order valence-electron chi connectivity index (χ2n) is 7.69. The molecule has 0 aliphatic carbocycles. The molecular formula is C29H21IN2. The molecule has 0 aliphatic heterocycles. The number of aromatic nitrogens is 2. The van der Waals surface area contributed by atoms with Crippen LogP contribution in [0.4, 0.5) is 0 Å². The van der Waals surface area contributed by atoms with Crippen LogP contribution < -0.4 is 0 Å². The van der Waals surface area contributed by atoms with E-state index in [9.17, 15) is 0 Å². The van der Waals surface area contributed by atoms with Crippen LogP contribution in [-0.2, 0) is 0 Å². The predicted octanol–water partition coefficient (Wildman–Crippen LogP) is 8.06. The van der Waals surface area contributed by atoms with Crippen LogP contribution in [0.15, 0.2) is 109 Å². The van der Waals surface area contributed by atoms with E-state index in [4.69, 9.17) is 9.97 Å². The van der Waals surface area contributed by atoms with Crippen LogP contribution in [0.3, 0.4) is 0 Å². The van der Waals surface area contributed by atoms with Gasteiger partial charge in [0, 0.05) is 25.8 Å². The first-order chi connectivity index (χ1) is 15.7. The minimum Gasteiger partial charge on any atom is -0.228 e. The lowest BCUT2D eigenvalue weighted by Crippen LogP contribution is -2.00. The number of rotatable bonds is 4. The fourth-order valence-electron chi connectivity index (χ4n) is 3.91. The Morgan fingerprint density at radius 3 is 1.62 bits per heavy atom. The summed E-state index contributed by atoms with van der Waals surface area (Å²) in [5.74, 6) is 0.741. The maximum absolute atomic E-state index is 5.04. The predicted molar refractivity (Wildman–Crippen MR) is 141 cm³/mol. The van der Waals surface area contributed by atoms with Gasteiger partial charge in [-0.1, -0.05) is 91.0 Å². The normalized spacial score (nSPS) is 10.8. The topological polar surface area (TPSA) is 25.8 Å². The molecular weight excluding hydrogens is 503 g/mol. The largest absolute Gasteiger partial charge is 0.228 e. The lowest BCUT2D eigenvalue weighted by molar-refractivity contribution is 1.15. The van der Waals surface area contributed by atoms with E-state index < -0.39 is 0 Å². The summed E-state index contributed by atoms with van der Waals surface area (Å²) in [5.41, 5.74) is 8.60. The quantitative estimate of drug-likeness (QED) is 0.222. The number of hydrogen-bond donors (Lipinski definition) is 0. The molecule has 2 nitrogen and oxygen atoms in total. The molecule has 0 saturated heterocycles. The second-order valence-corrected chi connectivity index (χ2v) is 8.94. The monoisotopic (exact) mass is 524 g/mol. The maximum atomic E-state index is 5.04. The first-order valence-corrected chi connectivity index (χ1v) is 11.6. The third kappa shape index (κ3) is 4.21. The summed E-state index contributed by atoms with van der Waals surface area (Å²) < 4.78 is 1.19. The van der Waals surface area contributed by atoms with E-state index >= 15 is 0 Å². The van der Waals surface area contributed by atoms with Gasteiger partial charge in [0.1, 0.15) is 0 Å². The summed E-state index contributed by atoms with van der Waals surface area (Å²) in [5, 5.41) is 0. The summed E-state index contributed by atoms with van der Waals surface area (Å²) in [6, 6.07) is 37.7. The van der Waals surface area contributed by atoms with Gasteiger partial charge in [-0.25, -0.2) is 9.97 Å². The number of nitrogens with zero attached hydrogens (tertiary/aromatic N) is 2. The molecule has 1 aromatic heterocycles. The first kappa shape index (κ1) is 20.6. The molecule has 3 heteroatoms. The number of hydrogen-bond acceptors (Lipinski definition) is 2. The van der Waals surface area contributed by atoms with Gasteiger partial charge in [0.25, 0.3) is 0 Å². The molecule has 5 aromatic rings. The van der Waals surface area contributed by atoms with Gasteiger partial charge in [-0.15, -0.1) is 0 Å². The Bertz CT molecular complexity index is 1380. The zero-order chi connectivity index (χ0) is 21.9. The van der Waals surface area contributed by atoms with E-state index in [0.29, 0.717) is 0 Å². The molecule has 4 aromatic carbocycles. The third-order valence-electron chi connectivity index (χ3n) is 5.52. The third-order valence-corrected chi connectivity index (χ3v) is 6.19. The van der Waals surface area contributed by atoms with Crippen molar-refractivity contribution in [2.75, 3.05) is 0 Å². The van der Waals surface area contributed by atoms with E-state index in [1.807, 2.05) is 24.3 Å². The van der Waals surface area contributed by atoms with Gasteiger partial charge in [0.05, 0.1) is 11.4 Å². The highest BCUT2D eigenvalue weighted by Gasteiger charge is 2.16. The van der Waals surface area contributed by atoms with E-state index in [2.05, 4.69) is 114 Å². The van der Waals surface area contributed by atoms with Crippen LogP contribution >= 0.6 is 22.6 Å². The molecule has 0 atom stereocenters. The number of halogens is 1. The SMILES string of the molecule is Cc1c(-c2cccc(I)c2)nc(-c2ccccc2)nc1-c1cccc(-c2ccccc2)c1. The van der Waals surface area contributed by atoms with Crippen molar-refractivity contribution in [3.8, 4) is 45.0 Å². The molecule has 5 rings (SSSR count). The van der Waals surface area contributed by atoms with Gasteiger partial charge < -0.3 is 0 Å². The van der Waals surface area contributed by atoms with Crippen molar-refractivity contribution in [3.05, 3.63) is 118 Å². The van der Waals surface area contributed by atoms with E-state index in [-0.39, 0.29) is 0 Å². The molecule has 154 valence electrons. The molecule has 0 aliphatic rings. The summed E-state index contributed by atoms with van der Waals surface area (Å²) in [6.07, 6.45) is 0. The molecule has 0 spiro atoms. The van der Waals surface area contributed by atoms with Crippen LogP contribution in [-0.4, -0.2) is 9.97 Å². The van der Waals surface area contributed by atoms with Crippen molar-refractivity contribution < 1.29 is 0 Å². The van der Waals surface area contributed by atoms with E-state index in [1.165, 1.54) is 14.7 Å². The molecule has 1 heterocycles. The highest BCUT2D eigenvalue weighted by atomic mass is 127. The highest BCUT2D eigenvalue weighted by molar-refractivity contribution is 14.1. The Hall–Kier alpha value is -3.31. The summed E-state index contributed by atoms with van der Waals surface area (Å²) in [7, 11) is 0. The van der Waals surface area contributed by atoms with Gasteiger partial charge in [0.15, 0.2) is 5.82 Å². The molecule has 0 fully saturated rings. The fraction of sp³-hybridized carbons (Fsp3) is 0.0345. The summed E-state index contributed by atoms with van der Waals surface area (Å²) in [6.45, 7) is 2.12. The molecule has 0 amide bonds. The minimum absolute atomic E-state index is 0.741. The highest BCUT2D eigenvalue weighted by Crippen LogP contribution is 2.34. The molecule has 0 bridgehead atoms. The molecule has 0 unspecified atom stereocenters. The molecule has 0 saturated carbocycles. The van der Waals surface area contributed by atoms with Crippen molar-refractivity contribution in [1.82, 2.24) is 9.97 Å². The molecule has 32 heavy (non-hydrogen) atoms. The van der Waals surface area contributed by atoms with Crippen LogP contribution in [0, 0.1) is 10.5 Å². The van der Waals surface area contributed by atoms with Crippen LogP contribution in [0.1, 0.15) is 5.56 Å². The minimum atomic E-state index is 0.741. The van der Waals surface area contributed by atoms with Crippen LogP contribution in [0.2, 0.25) is 0 Å². The lowest BCUT2D eigenvalue weighted by atomic mass is 9.97. The van der Waals surface area contributed by atoms with Crippen molar-refractivity contribution in [2.45, 2.75) is 6.92 Å². The Morgan fingerprint density at radius 2 is 1.00 bits per heavy atom. The van der Waals surface area contributed by atoms with E-state index in [1.54, 1.807) is 0 Å². The van der Waals surface area contributed by atoms with Gasteiger partial charge >= 0.3 is 0 Å². The zero-order valence-electron chi connectivity index (χ0n) is 17.7. The van der Waals surface area contributed by atoms with Gasteiger partial charge in [0.2, 0.25) is 0 Å². The Morgan fingerprint density at radius 1 is 0.500 bits per heavy atom. The maximum Gasteiger partial charge on any atom is 0.160 e. The van der Waals surface area contributed by atoms with Crippen molar-refractivity contribution in [3.63, 3.8) is 0 Å². The van der Waals surface area contributed by atoms with Crippen molar-refractivity contribution >= 4 is 22.6 Å². The Balaban J connectivity index is 1.73. The summed E-state index contributed by atoms with van der Waals surface area (Å²) in [4.78, 5) is 10.0. The molecule has 0 radical (unpaired) electrons. The lowest BCUT2D eigenvalue weighted by Gasteiger charge is -2.14. The average Bonchev–Trinajstić information content (AvgIpc) is 2.85. The standard InChI is InChI=1S/C29H21IN2/c1-20-27(24-15-8-14-23(18-24)21-10-4-2-5-11-21)31-29(22-12-6-3-7-13-22)32-28(20)25-16-9-17-26(30)19-25/h2-19H,1H3. The summed E-state index contributed by atoms with van der Waals surface area (Å²) >= 11 is 2.35. The zero-order valence-corrected chi connectivity index (χ0v) is 19.8. The van der Waals surface area contributed by atoms with Crippen molar-refractivity contribution in [1.29, 1.82) is 0 Å². The average molecular weight is 524 g/mol. The van der Waals surface area contributed by atoms with E-state index in [0.717, 1.165) is 39.5 Å². The Labute approximate surface area is 202 Å². The Kier molecular flexibility index (Phi) is 5.82. The first-order valence-electron chi connectivity index (χ1n) is 10.5. The van der Waals surface area contributed by atoms with Gasteiger partial charge in [-0.2, -0.15) is 0 Å². The van der Waals surface area contributed by atoms with Gasteiger partial charge in [-0.05, 0) is 58.8 Å². The van der Waals surface area contributed by atoms with Crippen molar-refractivity contribution in [2.24, 2.45) is 0 Å². The van der Waals surface area contributed by atoms with Gasteiger partial charge in [-0.3, -0.25) is 0 Å². The fourth-order valence-corrected chi connectivity index (χ4v) is 4.45. The number of benzene rings is 4. The van der Waals surface area contributed by atoms with Crippen LogP contribution in [0.25, 0.3) is 45.0 Å². The smallest absolute Gasteiger partial charge is 0.160 e. The second kappa shape index (κ2) is 9.05. The molecule has 0 N–H and O–H groups in total. The van der Waals surface area contributed by atoms with Crippen LogP contribution in [0.5, 0.6) is 0 Å².